The van der Waals surface area contributed by atoms with Crippen molar-refractivity contribution in [1.82, 2.24) is 9.69 Å². The van der Waals surface area contributed by atoms with E-state index in [1.54, 1.807) is 6.26 Å². The maximum absolute atomic E-state index is 5.90. The molecule has 0 saturated heterocycles. The van der Waals surface area contributed by atoms with E-state index < -0.39 is 0 Å². The first-order valence-corrected chi connectivity index (χ1v) is 10.2. The number of furan rings is 1. The van der Waals surface area contributed by atoms with Gasteiger partial charge in [0.05, 0.1) is 24.1 Å². The van der Waals surface area contributed by atoms with Gasteiger partial charge in [-0.3, -0.25) is 0 Å². The lowest BCUT2D eigenvalue weighted by Crippen LogP contribution is -2.12. The minimum Gasteiger partial charge on any atom is -0.494 e. The van der Waals surface area contributed by atoms with Crippen LogP contribution in [0.4, 0.5) is 5.82 Å². The highest BCUT2D eigenvalue weighted by Gasteiger charge is 2.04. The Hall–Kier alpha value is -2.83. The largest absolute Gasteiger partial charge is 0.494 e. The molecule has 0 bridgehead atoms. The van der Waals surface area contributed by atoms with E-state index in [0.717, 1.165) is 43.4 Å². The summed E-state index contributed by atoms with van der Waals surface area (Å²) in [6.07, 6.45) is 2.60. The van der Waals surface area contributed by atoms with Crippen LogP contribution in [-0.2, 0) is 13.1 Å². The Balaban J connectivity index is 1.18. The van der Waals surface area contributed by atoms with Gasteiger partial charge in [-0.1, -0.05) is 24.3 Å². The summed E-state index contributed by atoms with van der Waals surface area (Å²) in [5, 5.41) is 7.96. The first-order chi connectivity index (χ1) is 13.9. The highest BCUT2D eigenvalue weighted by Crippen LogP contribution is 2.26. The maximum atomic E-state index is 5.90. The fourth-order valence-corrected chi connectivity index (χ4v) is 3.73. The van der Waals surface area contributed by atoms with Crippen molar-refractivity contribution in [3.63, 3.8) is 0 Å². The molecule has 0 radical (unpaired) electrons. The Morgan fingerprint density at radius 3 is 2.89 bits per heavy atom. The standard InChI is InChI=1S/C22H23N3O2S/c1-2-10-21-20(9-1)22(25-28-21)24-11-5-13-26-18-7-3-6-17(14-18)15-23-16-19-8-4-12-27-19/h1-4,6-10,12,14,23H,5,11,13,15-16H2,(H,24,25). The smallest absolute Gasteiger partial charge is 0.147 e. The highest BCUT2D eigenvalue weighted by molar-refractivity contribution is 7.13. The van der Waals surface area contributed by atoms with Crippen LogP contribution in [0.3, 0.4) is 0 Å². The number of hydrogen-bond donors (Lipinski definition) is 2. The molecule has 144 valence electrons. The van der Waals surface area contributed by atoms with Crippen molar-refractivity contribution >= 4 is 27.4 Å². The van der Waals surface area contributed by atoms with Crippen LogP contribution in [0.1, 0.15) is 17.7 Å². The Morgan fingerprint density at radius 2 is 1.96 bits per heavy atom. The van der Waals surface area contributed by atoms with Crippen LogP contribution >= 0.6 is 11.5 Å². The van der Waals surface area contributed by atoms with Crippen LogP contribution in [0, 0.1) is 0 Å². The third kappa shape index (κ3) is 4.91. The van der Waals surface area contributed by atoms with Crippen LogP contribution in [0.5, 0.6) is 5.75 Å². The molecule has 0 aliphatic carbocycles. The highest BCUT2D eigenvalue weighted by atomic mass is 32.1. The number of hydrogen-bond acceptors (Lipinski definition) is 6. The average molecular weight is 394 g/mol. The molecular weight excluding hydrogens is 370 g/mol. The van der Waals surface area contributed by atoms with E-state index in [2.05, 4.69) is 39.3 Å². The van der Waals surface area contributed by atoms with Crippen molar-refractivity contribution in [1.29, 1.82) is 0 Å². The molecule has 0 saturated carbocycles. The average Bonchev–Trinajstić information content (AvgIpc) is 3.38. The van der Waals surface area contributed by atoms with Crippen molar-refractivity contribution in [2.45, 2.75) is 19.5 Å². The van der Waals surface area contributed by atoms with Gasteiger partial charge >= 0.3 is 0 Å². The minimum absolute atomic E-state index is 0.665. The van der Waals surface area contributed by atoms with Gasteiger partial charge in [0.15, 0.2) is 0 Å². The van der Waals surface area contributed by atoms with Crippen LogP contribution < -0.4 is 15.4 Å². The van der Waals surface area contributed by atoms with E-state index >= 15 is 0 Å². The molecular formula is C22H23N3O2S. The predicted octanol–water partition coefficient (Wildman–Crippen LogP) is 5.06. The summed E-state index contributed by atoms with van der Waals surface area (Å²) < 4.78 is 16.9. The summed E-state index contributed by atoms with van der Waals surface area (Å²) in [5.74, 6) is 2.80. The lowest BCUT2D eigenvalue weighted by atomic mass is 10.2. The molecule has 0 aliphatic heterocycles. The molecule has 6 heteroatoms. The van der Waals surface area contributed by atoms with Gasteiger partial charge in [-0.2, -0.15) is 4.37 Å². The third-order valence-electron chi connectivity index (χ3n) is 4.37. The number of ether oxygens (including phenoxy) is 1. The quantitative estimate of drug-likeness (QED) is 0.369. The summed E-state index contributed by atoms with van der Waals surface area (Å²) >= 11 is 1.53. The SMILES string of the molecule is c1cc(CNCc2ccco2)cc(OCCCNc2nsc3ccccc23)c1. The molecule has 28 heavy (non-hydrogen) atoms. The predicted molar refractivity (Wildman–Crippen MR) is 114 cm³/mol. The molecule has 4 aromatic rings. The van der Waals surface area contributed by atoms with Gasteiger partial charge in [0, 0.05) is 18.5 Å². The number of nitrogens with one attached hydrogen (secondary N) is 2. The molecule has 0 aliphatic rings. The van der Waals surface area contributed by atoms with Crippen molar-refractivity contribution < 1.29 is 9.15 Å². The van der Waals surface area contributed by atoms with Crippen LogP contribution in [0.15, 0.2) is 71.3 Å². The second-order valence-electron chi connectivity index (χ2n) is 6.49. The zero-order valence-corrected chi connectivity index (χ0v) is 16.4. The molecule has 0 fully saturated rings. The van der Waals surface area contributed by atoms with Crippen LogP contribution in [0.2, 0.25) is 0 Å². The third-order valence-corrected chi connectivity index (χ3v) is 5.19. The van der Waals surface area contributed by atoms with Gasteiger partial charge in [0.2, 0.25) is 0 Å². The molecule has 2 N–H and O–H groups in total. The second kappa shape index (κ2) is 9.39. The Bertz CT molecular complexity index is 998. The number of rotatable bonds is 10. The summed E-state index contributed by atoms with van der Waals surface area (Å²) in [7, 11) is 0. The topological polar surface area (TPSA) is 59.3 Å². The van der Waals surface area contributed by atoms with Crippen molar-refractivity contribution in [2.75, 3.05) is 18.5 Å². The number of fused-ring (bicyclic) bond motifs is 1. The zero-order chi connectivity index (χ0) is 19.0. The molecule has 2 aromatic heterocycles. The first-order valence-electron chi connectivity index (χ1n) is 9.41. The summed E-state index contributed by atoms with van der Waals surface area (Å²) in [6.45, 7) is 2.99. The van der Waals surface area contributed by atoms with Crippen LogP contribution in [-0.4, -0.2) is 17.5 Å². The lowest BCUT2D eigenvalue weighted by Gasteiger charge is -2.09. The van der Waals surface area contributed by atoms with E-state index in [1.807, 2.05) is 36.4 Å². The number of anilines is 1. The van der Waals surface area contributed by atoms with E-state index in [1.165, 1.54) is 27.2 Å². The van der Waals surface area contributed by atoms with E-state index in [-0.39, 0.29) is 0 Å². The number of nitrogens with zero attached hydrogens (tertiary/aromatic N) is 1. The van der Waals surface area contributed by atoms with Gasteiger partial charge in [-0.15, -0.1) is 0 Å². The van der Waals surface area contributed by atoms with Gasteiger partial charge in [-0.05, 0) is 59.9 Å². The molecule has 0 atom stereocenters. The van der Waals surface area contributed by atoms with Gasteiger partial charge < -0.3 is 19.8 Å². The Morgan fingerprint density at radius 1 is 1.00 bits per heavy atom. The number of aromatic nitrogens is 1. The second-order valence-corrected chi connectivity index (χ2v) is 7.29. The molecule has 0 amide bonds. The van der Waals surface area contributed by atoms with Crippen molar-refractivity contribution in [3.8, 4) is 5.75 Å². The van der Waals surface area contributed by atoms with Crippen molar-refractivity contribution in [3.05, 3.63) is 78.3 Å². The molecule has 0 spiro atoms. The normalized spacial score (nSPS) is 11.0. The summed E-state index contributed by atoms with van der Waals surface area (Å²) in [5.41, 5.74) is 1.19. The van der Waals surface area contributed by atoms with Crippen molar-refractivity contribution in [2.24, 2.45) is 0 Å². The first kappa shape index (κ1) is 18.5. The van der Waals surface area contributed by atoms with Gasteiger partial charge in [-0.25, -0.2) is 0 Å². The van der Waals surface area contributed by atoms with E-state index in [0.29, 0.717) is 6.61 Å². The molecule has 0 unspecified atom stereocenters. The monoisotopic (exact) mass is 393 g/mol. The fourth-order valence-electron chi connectivity index (χ4n) is 2.97. The molecule has 4 rings (SSSR count). The van der Waals surface area contributed by atoms with Crippen LogP contribution in [0.25, 0.3) is 10.1 Å². The minimum atomic E-state index is 0.665. The van der Waals surface area contributed by atoms with E-state index in [9.17, 15) is 0 Å². The summed E-state index contributed by atoms with van der Waals surface area (Å²) in [4.78, 5) is 0. The maximum Gasteiger partial charge on any atom is 0.147 e. The number of benzene rings is 2. The zero-order valence-electron chi connectivity index (χ0n) is 15.6. The molecule has 2 heterocycles. The molecule has 5 nitrogen and oxygen atoms in total. The van der Waals surface area contributed by atoms with E-state index in [4.69, 9.17) is 9.15 Å². The van der Waals surface area contributed by atoms with Gasteiger partial charge in [0.25, 0.3) is 0 Å². The summed E-state index contributed by atoms with van der Waals surface area (Å²) in [6, 6.07) is 20.3. The lowest BCUT2D eigenvalue weighted by molar-refractivity contribution is 0.314. The Labute approximate surface area is 168 Å². The fraction of sp³-hybridized carbons (Fsp3) is 0.227. The van der Waals surface area contributed by atoms with Gasteiger partial charge in [0.1, 0.15) is 17.3 Å². The molecule has 2 aromatic carbocycles. The Kier molecular flexibility index (Phi) is 6.22.